The first-order chi connectivity index (χ1) is 9.74. The van der Waals surface area contributed by atoms with Crippen molar-refractivity contribution < 1.29 is 4.52 Å². The Bertz CT molecular complexity index is 544. The number of hydrogen-bond acceptors (Lipinski definition) is 5. The van der Waals surface area contributed by atoms with Gasteiger partial charge in [-0.05, 0) is 26.0 Å². The minimum absolute atomic E-state index is 0.484. The van der Waals surface area contributed by atoms with Crippen molar-refractivity contribution in [1.29, 1.82) is 0 Å². The molecule has 3 rings (SSSR count). The Labute approximate surface area is 119 Å². The number of rotatable bonds is 3. The zero-order valence-corrected chi connectivity index (χ0v) is 11.9. The molecular weight excluding hydrogens is 252 g/mol. The first-order valence-corrected chi connectivity index (χ1v) is 7.08. The van der Waals surface area contributed by atoms with Gasteiger partial charge in [0.25, 0.3) is 5.89 Å². The first-order valence-electron chi connectivity index (χ1n) is 7.08. The van der Waals surface area contributed by atoms with E-state index >= 15 is 0 Å². The van der Waals surface area contributed by atoms with Crippen LogP contribution in [0.25, 0.3) is 11.5 Å². The quantitative estimate of drug-likeness (QED) is 0.925. The molecule has 0 bridgehead atoms. The van der Waals surface area contributed by atoms with Crippen molar-refractivity contribution in [2.24, 2.45) is 0 Å². The van der Waals surface area contributed by atoms with Crippen LogP contribution < -0.4 is 5.32 Å². The summed E-state index contributed by atoms with van der Waals surface area (Å²) in [4.78, 5) is 6.92. The van der Waals surface area contributed by atoms with Gasteiger partial charge in [0.1, 0.15) is 0 Å². The smallest absolute Gasteiger partial charge is 0.257 e. The normalized spacial score (nSPS) is 23.9. The molecule has 5 heteroatoms. The second-order valence-corrected chi connectivity index (χ2v) is 5.41. The molecule has 1 N–H and O–H groups in total. The van der Waals surface area contributed by atoms with Crippen molar-refractivity contribution in [3.05, 3.63) is 36.2 Å². The van der Waals surface area contributed by atoms with Gasteiger partial charge in [-0.1, -0.05) is 23.4 Å². The third kappa shape index (κ3) is 2.73. The largest absolute Gasteiger partial charge is 0.334 e. The summed E-state index contributed by atoms with van der Waals surface area (Å²) in [7, 11) is 0. The van der Waals surface area contributed by atoms with Crippen molar-refractivity contribution in [1.82, 2.24) is 20.4 Å². The van der Waals surface area contributed by atoms with Gasteiger partial charge in [-0.25, -0.2) is 0 Å². The molecule has 2 aromatic rings. The first kappa shape index (κ1) is 13.3. The molecule has 5 nitrogen and oxygen atoms in total. The molecule has 2 unspecified atom stereocenters. The molecule has 1 aromatic heterocycles. The lowest BCUT2D eigenvalue weighted by atomic mass is 10.1. The molecule has 20 heavy (non-hydrogen) atoms. The fourth-order valence-corrected chi connectivity index (χ4v) is 2.66. The Hall–Kier alpha value is -1.72. The highest BCUT2D eigenvalue weighted by molar-refractivity contribution is 5.51. The topological polar surface area (TPSA) is 54.2 Å². The number of nitrogens with zero attached hydrogens (tertiary/aromatic N) is 3. The summed E-state index contributed by atoms with van der Waals surface area (Å²) in [5.74, 6) is 1.35. The Balaban J connectivity index is 1.74. The second kappa shape index (κ2) is 5.73. The van der Waals surface area contributed by atoms with Gasteiger partial charge in [-0.2, -0.15) is 4.98 Å². The highest BCUT2D eigenvalue weighted by Crippen LogP contribution is 2.18. The molecule has 0 amide bonds. The average Bonchev–Trinajstić information content (AvgIpc) is 2.93. The van der Waals surface area contributed by atoms with Crippen molar-refractivity contribution in [3.8, 4) is 11.5 Å². The summed E-state index contributed by atoms with van der Waals surface area (Å²) < 4.78 is 5.36. The minimum Gasteiger partial charge on any atom is -0.334 e. The average molecular weight is 272 g/mol. The van der Waals surface area contributed by atoms with Gasteiger partial charge in [-0.3, -0.25) is 4.90 Å². The predicted molar refractivity (Wildman–Crippen MR) is 77.1 cm³/mol. The maximum absolute atomic E-state index is 5.36. The van der Waals surface area contributed by atoms with E-state index < -0.39 is 0 Å². The van der Waals surface area contributed by atoms with Crippen LogP contribution in [0.1, 0.15) is 19.7 Å². The number of piperazine rings is 1. The Morgan fingerprint density at radius 2 is 1.90 bits per heavy atom. The predicted octanol–water partition coefficient (Wildman–Crippen LogP) is 1.92. The maximum Gasteiger partial charge on any atom is 0.257 e. The minimum atomic E-state index is 0.484. The summed E-state index contributed by atoms with van der Waals surface area (Å²) in [6, 6.07) is 10.8. The standard InChI is InChI=1S/C15H20N4O/c1-11-8-16-9-12(2)19(11)10-14-17-15(20-18-14)13-6-4-3-5-7-13/h3-7,11-12,16H,8-10H2,1-2H3. The lowest BCUT2D eigenvalue weighted by Gasteiger charge is -2.38. The van der Waals surface area contributed by atoms with Crippen LogP contribution in [0.5, 0.6) is 0 Å². The van der Waals surface area contributed by atoms with Crippen LogP contribution in [0.3, 0.4) is 0 Å². The molecule has 0 spiro atoms. The Kier molecular flexibility index (Phi) is 3.80. The van der Waals surface area contributed by atoms with E-state index in [-0.39, 0.29) is 0 Å². The van der Waals surface area contributed by atoms with E-state index in [1.807, 2.05) is 30.3 Å². The van der Waals surface area contributed by atoms with E-state index in [0.717, 1.165) is 31.0 Å². The molecule has 2 atom stereocenters. The van der Waals surface area contributed by atoms with Crippen LogP contribution in [-0.2, 0) is 6.54 Å². The van der Waals surface area contributed by atoms with E-state index in [0.29, 0.717) is 18.0 Å². The third-order valence-electron chi connectivity index (χ3n) is 3.82. The van der Waals surface area contributed by atoms with Gasteiger partial charge >= 0.3 is 0 Å². The van der Waals surface area contributed by atoms with E-state index in [9.17, 15) is 0 Å². The van der Waals surface area contributed by atoms with Crippen LogP contribution in [0.15, 0.2) is 34.9 Å². The highest BCUT2D eigenvalue weighted by Gasteiger charge is 2.25. The van der Waals surface area contributed by atoms with Crippen LogP contribution in [-0.4, -0.2) is 40.2 Å². The summed E-state index contributed by atoms with van der Waals surface area (Å²) in [6.45, 7) is 7.20. The fraction of sp³-hybridized carbons (Fsp3) is 0.467. The lowest BCUT2D eigenvalue weighted by Crippen LogP contribution is -2.54. The van der Waals surface area contributed by atoms with Crippen molar-refractivity contribution in [2.75, 3.05) is 13.1 Å². The molecule has 0 saturated carbocycles. The molecule has 2 heterocycles. The number of nitrogens with one attached hydrogen (secondary N) is 1. The molecule has 1 aliphatic rings. The van der Waals surface area contributed by atoms with Gasteiger partial charge in [0.05, 0.1) is 6.54 Å². The fourth-order valence-electron chi connectivity index (χ4n) is 2.66. The summed E-state index contributed by atoms with van der Waals surface area (Å²) in [5.41, 5.74) is 0.965. The van der Waals surface area contributed by atoms with Gasteiger partial charge in [0.2, 0.25) is 0 Å². The Morgan fingerprint density at radius 1 is 1.20 bits per heavy atom. The third-order valence-corrected chi connectivity index (χ3v) is 3.82. The van der Waals surface area contributed by atoms with Crippen LogP contribution >= 0.6 is 0 Å². The van der Waals surface area contributed by atoms with Crippen molar-refractivity contribution >= 4 is 0 Å². The summed E-state index contributed by atoms with van der Waals surface area (Å²) >= 11 is 0. The number of benzene rings is 1. The van der Waals surface area contributed by atoms with Crippen molar-refractivity contribution in [2.45, 2.75) is 32.5 Å². The van der Waals surface area contributed by atoms with E-state index in [4.69, 9.17) is 4.52 Å². The summed E-state index contributed by atoms with van der Waals surface area (Å²) in [6.07, 6.45) is 0. The number of aromatic nitrogens is 2. The van der Waals surface area contributed by atoms with Crippen LogP contribution in [0.2, 0.25) is 0 Å². The molecule has 1 aliphatic heterocycles. The monoisotopic (exact) mass is 272 g/mol. The summed E-state index contributed by atoms with van der Waals surface area (Å²) in [5, 5.41) is 7.53. The zero-order valence-electron chi connectivity index (χ0n) is 11.9. The molecular formula is C15H20N4O. The molecule has 1 aromatic carbocycles. The molecule has 0 radical (unpaired) electrons. The highest BCUT2D eigenvalue weighted by atomic mass is 16.5. The lowest BCUT2D eigenvalue weighted by molar-refractivity contribution is 0.104. The second-order valence-electron chi connectivity index (χ2n) is 5.41. The maximum atomic E-state index is 5.36. The number of hydrogen-bond donors (Lipinski definition) is 1. The molecule has 106 valence electrons. The van der Waals surface area contributed by atoms with Gasteiger partial charge in [0, 0.05) is 30.7 Å². The molecule has 1 saturated heterocycles. The van der Waals surface area contributed by atoms with Gasteiger partial charge in [0.15, 0.2) is 5.82 Å². The van der Waals surface area contributed by atoms with Crippen molar-refractivity contribution in [3.63, 3.8) is 0 Å². The van der Waals surface area contributed by atoms with E-state index in [1.54, 1.807) is 0 Å². The van der Waals surface area contributed by atoms with Gasteiger partial charge < -0.3 is 9.84 Å². The SMILES string of the molecule is CC1CNCC(C)N1Cc1noc(-c2ccccc2)n1. The van der Waals surface area contributed by atoms with Crippen LogP contribution in [0, 0.1) is 0 Å². The molecule has 0 aliphatic carbocycles. The van der Waals surface area contributed by atoms with E-state index in [1.165, 1.54) is 0 Å². The van der Waals surface area contributed by atoms with Crippen LogP contribution in [0.4, 0.5) is 0 Å². The Morgan fingerprint density at radius 3 is 2.60 bits per heavy atom. The van der Waals surface area contributed by atoms with Gasteiger partial charge in [-0.15, -0.1) is 0 Å². The molecule has 1 fully saturated rings. The zero-order chi connectivity index (χ0) is 13.9. The van der Waals surface area contributed by atoms with E-state index in [2.05, 4.69) is 34.2 Å².